The summed E-state index contributed by atoms with van der Waals surface area (Å²) in [6.45, 7) is 0. The number of hydrogen-bond acceptors (Lipinski definition) is 2. The summed E-state index contributed by atoms with van der Waals surface area (Å²) in [5, 5.41) is 2.20. The minimum atomic E-state index is 0.817. The van der Waals surface area contributed by atoms with Crippen molar-refractivity contribution in [1.82, 2.24) is 4.98 Å². The van der Waals surface area contributed by atoms with Crippen LogP contribution in [0.1, 0.15) is 0 Å². The van der Waals surface area contributed by atoms with Gasteiger partial charge in [0.25, 0.3) is 0 Å². The molecule has 0 atom stereocenters. The molecule has 2 aromatic heterocycles. The molecule has 2 heteroatoms. The van der Waals surface area contributed by atoms with Crippen LogP contribution in [0.3, 0.4) is 0 Å². The first-order valence-corrected chi connectivity index (χ1v) is 12.5. The van der Waals surface area contributed by atoms with E-state index in [4.69, 9.17) is 4.42 Å². The van der Waals surface area contributed by atoms with Crippen LogP contribution in [0, 0.1) is 0 Å². The number of hydrogen-bond donors (Lipinski definition) is 0. The normalized spacial score (nSPS) is 11.8. The van der Waals surface area contributed by atoms with E-state index in [1.165, 1.54) is 55.6 Å². The smallest absolute Gasteiger partial charge is 0.153 e. The molecule has 7 aromatic rings. The first kappa shape index (κ1) is 20.3. The maximum atomic E-state index is 6.02. The summed E-state index contributed by atoms with van der Waals surface area (Å²) in [6, 6.07) is 41.7. The van der Waals surface area contributed by atoms with Crippen LogP contribution in [-0.4, -0.2) is 4.98 Å². The zero-order valence-electron chi connectivity index (χ0n) is 20.0. The SMILES string of the molecule is c1ccc2c(c1)-c1ccccc1-c1ccc(-c3ccc4oc5cnccc5c4c3)cc1-c1ccccc1-2. The van der Waals surface area contributed by atoms with Crippen molar-refractivity contribution in [2.45, 2.75) is 0 Å². The average molecular weight is 472 g/mol. The van der Waals surface area contributed by atoms with Gasteiger partial charge in [0, 0.05) is 17.0 Å². The third-order valence-electron chi connectivity index (χ3n) is 7.57. The highest BCUT2D eigenvalue weighted by molar-refractivity contribution is 6.07. The fraction of sp³-hybridized carbons (Fsp3) is 0. The van der Waals surface area contributed by atoms with Crippen LogP contribution in [0.2, 0.25) is 0 Å². The van der Waals surface area contributed by atoms with Crippen molar-refractivity contribution in [2.75, 3.05) is 0 Å². The second-order valence-electron chi connectivity index (χ2n) is 9.58. The molecule has 0 radical (unpaired) electrons. The summed E-state index contributed by atoms with van der Waals surface area (Å²) in [5.74, 6) is 0. The van der Waals surface area contributed by atoms with E-state index >= 15 is 0 Å². The summed E-state index contributed by atoms with van der Waals surface area (Å²) < 4.78 is 6.02. The first-order valence-electron chi connectivity index (χ1n) is 12.5. The zero-order valence-corrected chi connectivity index (χ0v) is 20.0. The Hall–Kier alpha value is -4.95. The van der Waals surface area contributed by atoms with Crippen molar-refractivity contribution < 1.29 is 4.42 Å². The molecule has 0 N–H and O–H groups in total. The fourth-order valence-corrected chi connectivity index (χ4v) is 5.85. The number of furan rings is 1. The molecule has 0 saturated carbocycles. The van der Waals surface area contributed by atoms with Gasteiger partial charge in [-0.05, 0) is 79.9 Å². The van der Waals surface area contributed by atoms with Gasteiger partial charge in [-0.25, -0.2) is 0 Å². The predicted molar refractivity (Wildman–Crippen MR) is 152 cm³/mol. The summed E-state index contributed by atoms with van der Waals surface area (Å²) >= 11 is 0. The lowest BCUT2D eigenvalue weighted by molar-refractivity contribution is 0.667. The summed E-state index contributed by atoms with van der Waals surface area (Å²) in [4.78, 5) is 4.22. The fourth-order valence-electron chi connectivity index (χ4n) is 5.85. The van der Waals surface area contributed by atoms with Gasteiger partial charge in [-0.3, -0.25) is 4.98 Å². The van der Waals surface area contributed by atoms with Gasteiger partial charge in [0.15, 0.2) is 5.58 Å². The summed E-state index contributed by atoms with van der Waals surface area (Å²) in [6.07, 6.45) is 3.61. The monoisotopic (exact) mass is 471 g/mol. The average Bonchev–Trinajstić information content (AvgIpc) is 3.34. The second kappa shape index (κ2) is 7.78. The van der Waals surface area contributed by atoms with Crippen LogP contribution >= 0.6 is 0 Å². The van der Waals surface area contributed by atoms with E-state index in [0.29, 0.717) is 0 Å². The molecule has 0 amide bonds. The summed E-state index contributed by atoms with van der Waals surface area (Å²) in [7, 11) is 0. The first-order chi connectivity index (χ1) is 18.3. The number of benzene rings is 5. The van der Waals surface area contributed by atoms with E-state index in [2.05, 4.69) is 114 Å². The third kappa shape index (κ3) is 3.03. The lowest BCUT2D eigenvalue weighted by atomic mass is 9.80. The van der Waals surface area contributed by atoms with E-state index in [1.54, 1.807) is 6.20 Å². The second-order valence-corrected chi connectivity index (χ2v) is 9.58. The standard InChI is InChI=1S/C35H21NO/c1-2-8-25-24(7-1)26-9-3-4-11-28(26)30-15-13-22(19-32(30)29-12-6-5-10-27(25)29)23-14-16-34-33(20-23)31-17-18-36-21-35(31)37-34/h1-21H. The molecule has 1 aliphatic carbocycles. The Bertz CT molecular complexity index is 1990. The van der Waals surface area contributed by atoms with E-state index in [0.717, 1.165) is 21.9 Å². The topological polar surface area (TPSA) is 26.0 Å². The molecule has 0 spiro atoms. The van der Waals surface area contributed by atoms with Crippen molar-refractivity contribution in [3.05, 3.63) is 128 Å². The van der Waals surface area contributed by atoms with Crippen molar-refractivity contribution in [3.8, 4) is 55.6 Å². The minimum Gasteiger partial charge on any atom is -0.454 e. The Balaban J connectivity index is 1.41. The van der Waals surface area contributed by atoms with Gasteiger partial charge in [0.2, 0.25) is 0 Å². The van der Waals surface area contributed by atoms with Crippen LogP contribution in [0.5, 0.6) is 0 Å². The van der Waals surface area contributed by atoms with Gasteiger partial charge in [0.1, 0.15) is 5.58 Å². The van der Waals surface area contributed by atoms with Crippen molar-refractivity contribution >= 4 is 21.9 Å². The largest absolute Gasteiger partial charge is 0.454 e. The van der Waals surface area contributed by atoms with Crippen LogP contribution in [0.15, 0.2) is 132 Å². The minimum absolute atomic E-state index is 0.817. The van der Waals surface area contributed by atoms with Crippen molar-refractivity contribution in [3.63, 3.8) is 0 Å². The maximum Gasteiger partial charge on any atom is 0.153 e. The van der Waals surface area contributed by atoms with Crippen molar-refractivity contribution in [1.29, 1.82) is 0 Å². The third-order valence-corrected chi connectivity index (χ3v) is 7.57. The van der Waals surface area contributed by atoms with E-state index in [-0.39, 0.29) is 0 Å². The Morgan fingerprint density at radius 1 is 0.405 bits per heavy atom. The molecule has 0 bridgehead atoms. The number of pyridine rings is 1. The zero-order chi connectivity index (χ0) is 24.3. The van der Waals surface area contributed by atoms with E-state index in [9.17, 15) is 0 Å². The molecular weight excluding hydrogens is 450 g/mol. The van der Waals surface area contributed by atoms with Crippen LogP contribution < -0.4 is 0 Å². The van der Waals surface area contributed by atoms with Crippen LogP contribution in [-0.2, 0) is 0 Å². The quantitative estimate of drug-likeness (QED) is 0.238. The van der Waals surface area contributed by atoms with Gasteiger partial charge < -0.3 is 4.42 Å². The van der Waals surface area contributed by atoms with Gasteiger partial charge in [-0.2, -0.15) is 0 Å². The molecule has 0 unspecified atom stereocenters. The molecule has 2 nitrogen and oxygen atoms in total. The van der Waals surface area contributed by atoms with Gasteiger partial charge >= 0.3 is 0 Å². The van der Waals surface area contributed by atoms with E-state index in [1.807, 2.05) is 12.3 Å². The van der Waals surface area contributed by atoms with Gasteiger partial charge in [-0.1, -0.05) is 91.0 Å². The number of fused-ring (bicyclic) bond motifs is 11. The molecule has 172 valence electrons. The number of nitrogens with zero attached hydrogens (tertiary/aromatic N) is 1. The Morgan fingerprint density at radius 2 is 0.919 bits per heavy atom. The predicted octanol–water partition coefficient (Wildman–Crippen LogP) is 9.63. The molecule has 1 aliphatic rings. The Morgan fingerprint density at radius 3 is 1.54 bits per heavy atom. The highest BCUT2D eigenvalue weighted by atomic mass is 16.3. The Labute approximate surface area is 214 Å². The lowest BCUT2D eigenvalue weighted by Crippen LogP contribution is -1.97. The number of aromatic nitrogens is 1. The summed E-state index contributed by atoms with van der Waals surface area (Å²) in [5.41, 5.74) is 14.1. The van der Waals surface area contributed by atoms with Crippen LogP contribution in [0.25, 0.3) is 77.6 Å². The van der Waals surface area contributed by atoms with Gasteiger partial charge in [0.05, 0.1) is 6.20 Å². The number of rotatable bonds is 1. The lowest BCUT2D eigenvalue weighted by Gasteiger charge is -2.23. The van der Waals surface area contributed by atoms with Gasteiger partial charge in [-0.15, -0.1) is 0 Å². The maximum absolute atomic E-state index is 6.02. The molecule has 0 aliphatic heterocycles. The highest BCUT2D eigenvalue weighted by Gasteiger charge is 2.21. The molecule has 0 fully saturated rings. The highest BCUT2D eigenvalue weighted by Crippen LogP contribution is 2.48. The molecule has 5 aromatic carbocycles. The molecule has 0 saturated heterocycles. The molecule has 8 rings (SSSR count). The van der Waals surface area contributed by atoms with Crippen LogP contribution in [0.4, 0.5) is 0 Å². The molecule has 2 heterocycles. The molecular formula is C35H21NO. The molecule has 37 heavy (non-hydrogen) atoms. The Kier molecular flexibility index (Phi) is 4.26. The van der Waals surface area contributed by atoms with Crippen molar-refractivity contribution in [2.24, 2.45) is 0 Å². The van der Waals surface area contributed by atoms with E-state index < -0.39 is 0 Å².